The summed E-state index contributed by atoms with van der Waals surface area (Å²) >= 11 is 0. The lowest BCUT2D eigenvalue weighted by molar-refractivity contribution is 0.327. The van der Waals surface area contributed by atoms with Gasteiger partial charge in [0.25, 0.3) is 0 Å². The minimum absolute atomic E-state index is 0.00890. The van der Waals surface area contributed by atoms with Crippen LogP contribution in [0.25, 0.3) is 65.3 Å². The third kappa shape index (κ3) is 6.26. The average molecular weight is 737 g/mol. The number of nitrogens with zero attached hydrogens (tertiary/aromatic N) is 1. The Morgan fingerprint density at radius 1 is 0.571 bits per heavy atom. The lowest BCUT2D eigenvalue weighted by atomic mass is 9.89. The molecule has 0 spiro atoms. The Balaban J connectivity index is 1.07. The molecule has 0 aromatic heterocycles. The number of nitrogens with one attached hydrogen (secondary N) is 1. The Hall–Kier alpha value is -6.37. The lowest BCUT2D eigenvalue weighted by Gasteiger charge is -2.30. The maximum absolute atomic E-state index is 12.1. The summed E-state index contributed by atoms with van der Waals surface area (Å²) in [4.78, 5) is 5.19. The van der Waals surface area contributed by atoms with E-state index in [0.717, 1.165) is 102 Å². The first-order valence-electron chi connectivity index (χ1n) is 19.4. The molecule has 3 N–H and O–H groups in total. The fraction of sp³-hybridized carbons (Fsp3) is 0.180. The van der Waals surface area contributed by atoms with E-state index in [0.29, 0.717) is 17.9 Å². The second kappa shape index (κ2) is 15.0. The van der Waals surface area contributed by atoms with Gasteiger partial charge in [-0.25, -0.2) is 0 Å². The Kier molecular flexibility index (Phi) is 9.49. The Morgan fingerprint density at radius 2 is 1.05 bits per heavy atom. The number of hydrogen-bond donors (Lipinski definition) is 3. The fourth-order valence-electron chi connectivity index (χ4n) is 8.80. The monoisotopic (exact) mass is 736 g/mol. The highest BCUT2D eigenvalue weighted by Crippen LogP contribution is 2.48. The van der Waals surface area contributed by atoms with Crippen molar-refractivity contribution in [3.8, 4) is 45.3 Å². The molecule has 1 aliphatic carbocycles. The summed E-state index contributed by atoms with van der Waals surface area (Å²) in [5.41, 5.74) is 4.75. The van der Waals surface area contributed by atoms with E-state index in [-0.39, 0.29) is 23.6 Å². The first-order chi connectivity index (χ1) is 27.5. The number of methoxy groups -OCH3 is 2. The number of aliphatic imine (C=N–C) groups is 1. The lowest BCUT2D eigenvalue weighted by Crippen LogP contribution is -2.40. The van der Waals surface area contributed by atoms with E-state index in [1.54, 1.807) is 14.2 Å². The van der Waals surface area contributed by atoms with Crippen LogP contribution in [-0.4, -0.2) is 42.7 Å². The van der Waals surface area contributed by atoms with Crippen molar-refractivity contribution in [2.75, 3.05) is 14.2 Å². The Morgan fingerprint density at radius 3 is 1.62 bits per heavy atom. The van der Waals surface area contributed by atoms with Gasteiger partial charge in [-0.2, -0.15) is 0 Å². The number of benzene rings is 8. The molecular formula is C50H44N2O4. The van der Waals surface area contributed by atoms with Crippen LogP contribution in [0.1, 0.15) is 36.8 Å². The second-order valence-electron chi connectivity index (χ2n) is 14.7. The topological polar surface area (TPSA) is 83.3 Å². The molecule has 0 bridgehead atoms. The van der Waals surface area contributed by atoms with Gasteiger partial charge in [0.05, 0.1) is 20.3 Å². The molecule has 8 aromatic carbocycles. The molecule has 0 aliphatic heterocycles. The molecule has 1 fully saturated rings. The molecule has 1 aliphatic rings. The van der Waals surface area contributed by atoms with E-state index < -0.39 is 0 Å². The second-order valence-corrected chi connectivity index (χ2v) is 14.7. The molecule has 6 nitrogen and oxygen atoms in total. The first kappa shape index (κ1) is 35.3. The minimum atomic E-state index is -0.00890. The quantitative estimate of drug-likeness (QED) is 0.129. The summed E-state index contributed by atoms with van der Waals surface area (Å²) < 4.78 is 11.8. The summed E-state index contributed by atoms with van der Waals surface area (Å²) in [6, 6.07) is 45.1. The van der Waals surface area contributed by atoms with Crippen molar-refractivity contribution < 1.29 is 19.7 Å². The van der Waals surface area contributed by atoms with Crippen molar-refractivity contribution in [3.63, 3.8) is 0 Å². The van der Waals surface area contributed by atoms with Gasteiger partial charge in [0, 0.05) is 52.2 Å². The molecule has 56 heavy (non-hydrogen) atoms. The van der Waals surface area contributed by atoms with Crippen LogP contribution in [0, 0.1) is 0 Å². The number of hydrogen-bond acceptors (Lipinski definition) is 6. The van der Waals surface area contributed by atoms with Gasteiger partial charge in [0.2, 0.25) is 0 Å². The van der Waals surface area contributed by atoms with Crippen LogP contribution >= 0.6 is 0 Å². The molecule has 278 valence electrons. The third-order valence-electron chi connectivity index (χ3n) is 11.6. The predicted octanol–water partition coefficient (Wildman–Crippen LogP) is 11.6. The van der Waals surface area contributed by atoms with Gasteiger partial charge in [0.1, 0.15) is 23.0 Å². The summed E-state index contributed by atoms with van der Waals surface area (Å²) in [5, 5.41) is 36.2. The molecule has 6 heteroatoms. The molecule has 9 rings (SSSR count). The minimum Gasteiger partial charge on any atom is -0.507 e. The zero-order valence-corrected chi connectivity index (χ0v) is 31.6. The maximum Gasteiger partial charge on any atom is 0.132 e. The summed E-state index contributed by atoms with van der Waals surface area (Å²) in [7, 11) is 3.36. The van der Waals surface area contributed by atoms with Crippen molar-refractivity contribution in [1.82, 2.24) is 5.32 Å². The number of ether oxygens (including phenoxy) is 2. The van der Waals surface area contributed by atoms with Crippen LogP contribution in [0.4, 0.5) is 0 Å². The van der Waals surface area contributed by atoms with Crippen LogP contribution in [0.15, 0.2) is 138 Å². The maximum atomic E-state index is 12.1. The van der Waals surface area contributed by atoms with Gasteiger partial charge < -0.3 is 25.0 Å². The summed E-state index contributed by atoms with van der Waals surface area (Å²) in [6.07, 6.45) is 5.91. The Labute approximate surface area is 326 Å². The van der Waals surface area contributed by atoms with E-state index in [1.165, 1.54) is 0 Å². The molecule has 0 radical (unpaired) electrons. The number of phenols is 2. The smallest absolute Gasteiger partial charge is 0.132 e. The molecule has 2 atom stereocenters. The Bertz CT molecular complexity index is 2790. The molecule has 0 saturated heterocycles. The number of aromatic hydroxyl groups is 2. The van der Waals surface area contributed by atoms with Crippen LogP contribution < -0.4 is 14.8 Å². The number of fused-ring (bicyclic) bond motifs is 4. The van der Waals surface area contributed by atoms with Crippen LogP contribution in [0.5, 0.6) is 23.0 Å². The standard InChI is InChI=1S/C50H44N2O4/c1-55-43-25-23-31-13-3-7-17-37(31)45(43)47-39-19-9-5-15-33(39)27-35(49(47)53)29-51-41-21-11-12-22-42(41)52-30-36-28-34-16-6-10-20-40(34)48(50(36)54)46-38-18-8-4-14-32(38)24-26-44(46)56-2/h3-10,13-20,23-29,41-42,52-54H,11-12,21-22,30H2,1-2H3/t41?,42-/m0/s1. The third-order valence-corrected chi connectivity index (χ3v) is 11.6. The van der Waals surface area contributed by atoms with Crippen molar-refractivity contribution in [1.29, 1.82) is 0 Å². The van der Waals surface area contributed by atoms with E-state index in [1.807, 2.05) is 72.9 Å². The molecular weight excluding hydrogens is 693 g/mol. The van der Waals surface area contributed by atoms with E-state index >= 15 is 0 Å². The highest BCUT2D eigenvalue weighted by molar-refractivity contribution is 6.13. The molecule has 0 heterocycles. The largest absolute Gasteiger partial charge is 0.507 e. The summed E-state index contributed by atoms with van der Waals surface area (Å²) in [6.45, 7) is 0.472. The van der Waals surface area contributed by atoms with Crippen LogP contribution in [-0.2, 0) is 6.54 Å². The van der Waals surface area contributed by atoms with Gasteiger partial charge >= 0.3 is 0 Å². The SMILES string of the molecule is COc1ccc2ccccc2c1-c1c(O)c(C=NC2CCCC[C@@H]2NCc2cc3ccccc3c(-c3c(OC)ccc4ccccc34)c2O)cc2ccccc12. The highest BCUT2D eigenvalue weighted by atomic mass is 16.5. The average Bonchev–Trinajstić information content (AvgIpc) is 3.25. The van der Waals surface area contributed by atoms with Gasteiger partial charge in [-0.1, -0.05) is 122 Å². The van der Waals surface area contributed by atoms with Crippen molar-refractivity contribution in [2.45, 2.75) is 44.3 Å². The van der Waals surface area contributed by atoms with Gasteiger partial charge in [-0.05, 0) is 80.2 Å². The van der Waals surface area contributed by atoms with Crippen molar-refractivity contribution >= 4 is 49.3 Å². The number of phenolic OH excluding ortho intramolecular Hbond substituents is 2. The van der Waals surface area contributed by atoms with Gasteiger partial charge in [-0.3, -0.25) is 4.99 Å². The number of rotatable bonds is 9. The van der Waals surface area contributed by atoms with Gasteiger partial charge in [-0.15, -0.1) is 0 Å². The van der Waals surface area contributed by atoms with Gasteiger partial charge in [0.15, 0.2) is 0 Å². The zero-order chi connectivity index (χ0) is 38.2. The predicted molar refractivity (Wildman–Crippen MR) is 231 cm³/mol. The van der Waals surface area contributed by atoms with Crippen molar-refractivity contribution in [2.24, 2.45) is 4.99 Å². The van der Waals surface area contributed by atoms with Crippen LogP contribution in [0.3, 0.4) is 0 Å². The first-order valence-corrected chi connectivity index (χ1v) is 19.4. The molecule has 1 unspecified atom stereocenters. The van der Waals surface area contributed by atoms with Crippen LogP contribution in [0.2, 0.25) is 0 Å². The zero-order valence-electron chi connectivity index (χ0n) is 31.6. The van der Waals surface area contributed by atoms with E-state index in [9.17, 15) is 10.2 Å². The fourth-order valence-corrected chi connectivity index (χ4v) is 8.80. The van der Waals surface area contributed by atoms with E-state index in [2.05, 4.69) is 72.0 Å². The summed E-state index contributed by atoms with van der Waals surface area (Å²) in [5.74, 6) is 1.85. The molecule has 0 amide bonds. The molecule has 1 saturated carbocycles. The van der Waals surface area contributed by atoms with Crippen molar-refractivity contribution in [3.05, 3.63) is 145 Å². The normalized spacial score (nSPS) is 16.0. The molecule has 8 aromatic rings. The highest BCUT2D eigenvalue weighted by Gasteiger charge is 2.26. The van der Waals surface area contributed by atoms with E-state index in [4.69, 9.17) is 14.5 Å².